The van der Waals surface area contributed by atoms with Crippen LogP contribution < -0.4 is 21.5 Å². The van der Waals surface area contributed by atoms with Crippen molar-refractivity contribution in [2.24, 2.45) is 0 Å². The van der Waals surface area contributed by atoms with Gasteiger partial charge in [-0.15, -0.1) is 0 Å². The molecule has 0 radical (unpaired) electrons. The summed E-state index contributed by atoms with van der Waals surface area (Å²) in [6.07, 6.45) is 2.88. The minimum absolute atomic E-state index is 0.246. The fraction of sp³-hybridized carbons (Fsp3) is 0.200. The van der Waals surface area contributed by atoms with Gasteiger partial charge in [0.25, 0.3) is 5.56 Å². The molecule has 4 N–H and O–H groups in total. The molecule has 0 spiro atoms. The molecule has 27 heavy (non-hydrogen) atoms. The minimum Gasteiger partial charge on any atom is -0.497 e. The molecule has 0 saturated carbocycles. The molecule has 0 unspecified atom stereocenters. The molecule has 2 aromatic carbocycles. The lowest BCUT2D eigenvalue weighted by atomic mass is 10.1. The lowest BCUT2D eigenvalue weighted by molar-refractivity contribution is 0.415. The number of nitrogens with zero attached hydrogens (tertiary/aromatic N) is 2. The Labute approximate surface area is 155 Å². The molecule has 0 aliphatic rings. The van der Waals surface area contributed by atoms with E-state index in [1.54, 1.807) is 25.3 Å². The molecule has 7 nitrogen and oxygen atoms in total. The topological polar surface area (TPSA) is 98.0 Å². The number of rotatable bonds is 5. The van der Waals surface area contributed by atoms with Crippen molar-refractivity contribution in [2.75, 3.05) is 24.8 Å². The molecule has 2 heterocycles. The summed E-state index contributed by atoms with van der Waals surface area (Å²) in [5.41, 5.74) is 13.1. The van der Waals surface area contributed by atoms with Crippen molar-refractivity contribution in [3.05, 3.63) is 52.9 Å². The first kappa shape index (κ1) is 17.0. The van der Waals surface area contributed by atoms with Gasteiger partial charge in [0.15, 0.2) is 0 Å². The summed E-state index contributed by atoms with van der Waals surface area (Å²) in [5.74, 6) is 0.685. The van der Waals surface area contributed by atoms with Gasteiger partial charge in [0.1, 0.15) is 11.4 Å². The SMILES string of the molecule is CCCNn1cc(-c2nc3cc(OC)ccc3[nH]c2=O)c2cc(N)ccc21. The van der Waals surface area contributed by atoms with Gasteiger partial charge in [0.2, 0.25) is 0 Å². The second-order valence-electron chi connectivity index (χ2n) is 6.40. The molecular formula is C20H21N5O2. The number of fused-ring (bicyclic) bond motifs is 2. The predicted molar refractivity (Wildman–Crippen MR) is 109 cm³/mol. The monoisotopic (exact) mass is 363 g/mol. The van der Waals surface area contributed by atoms with E-state index in [0.29, 0.717) is 28.2 Å². The lowest BCUT2D eigenvalue weighted by Gasteiger charge is -2.07. The summed E-state index contributed by atoms with van der Waals surface area (Å²) in [4.78, 5) is 20.3. The number of H-pyrrole nitrogens is 1. The van der Waals surface area contributed by atoms with Crippen LogP contribution in [0.15, 0.2) is 47.4 Å². The van der Waals surface area contributed by atoms with Crippen LogP contribution in [0.1, 0.15) is 13.3 Å². The van der Waals surface area contributed by atoms with Crippen LogP contribution in [0.2, 0.25) is 0 Å². The third-order valence-corrected chi connectivity index (χ3v) is 4.52. The molecule has 7 heteroatoms. The summed E-state index contributed by atoms with van der Waals surface area (Å²) in [6, 6.07) is 11.0. The highest BCUT2D eigenvalue weighted by atomic mass is 16.5. The Morgan fingerprint density at radius 1 is 1.26 bits per heavy atom. The number of ether oxygens (including phenoxy) is 1. The van der Waals surface area contributed by atoms with Crippen molar-refractivity contribution in [3.63, 3.8) is 0 Å². The maximum absolute atomic E-state index is 12.7. The van der Waals surface area contributed by atoms with E-state index in [0.717, 1.165) is 29.4 Å². The number of aromatic nitrogens is 3. The summed E-state index contributed by atoms with van der Waals surface area (Å²) in [7, 11) is 1.60. The number of nitrogens with two attached hydrogens (primary N) is 1. The van der Waals surface area contributed by atoms with E-state index < -0.39 is 0 Å². The third kappa shape index (κ3) is 2.97. The fourth-order valence-electron chi connectivity index (χ4n) is 3.17. The normalized spacial score (nSPS) is 11.2. The smallest absolute Gasteiger partial charge is 0.275 e. The molecule has 0 bridgehead atoms. The summed E-state index contributed by atoms with van der Waals surface area (Å²) in [5, 5.41) is 0.874. The number of methoxy groups -OCH3 is 1. The Kier molecular flexibility index (Phi) is 4.19. The van der Waals surface area contributed by atoms with Crippen LogP contribution in [0.3, 0.4) is 0 Å². The van der Waals surface area contributed by atoms with Gasteiger partial charge < -0.3 is 20.9 Å². The number of nitrogen functional groups attached to an aromatic ring is 1. The van der Waals surface area contributed by atoms with Crippen LogP contribution in [0.5, 0.6) is 5.75 Å². The number of benzene rings is 2. The van der Waals surface area contributed by atoms with Crippen LogP contribution in [-0.4, -0.2) is 28.3 Å². The molecule has 0 aliphatic heterocycles. The van der Waals surface area contributed by atoms with E-state index in [-0.39, 0.29) is 5.56 Å². The molecular weight excluding hydrogens is 342 g/mol. The van der Waals surface area contributed by atoms with Crippen LogP contribution in [-0.2, 0) is 0 Å². The maximum Gasteiger partial charge on any atom is 0.275 e. The van der Waals surface area contributed by atoms with E-state index in [4.69, 9.17) is 10.5 Å². The van der Waals surface area contributed by atoms with Gasteiger partial charge in [-0.05, 0) is 36.8 Å². The molecule has 0 amide bonds. The van der Waals surface area contributed by atoms with E-state index in [2.05, 4.69) is 22.3 Å². The second kappa shape index (κ2) is 6.68. The van der Waals surface area contributed by atoms with Crippen LogP contribution in [0, 0.1) is 0 Å². The van der Waals surface area contributed by atoms with Gasteiger partial charge in [-0.3, -0.25) is 9.47 Å². The highest BCUT2D eigenvalue weighted by molar-refractivity contribution is 5.97. The second-order valence-corrected chi connectivity index (χ2v) is 6.40. The minimum atomic E-state index is -0.246. The van der Waals surface area contributed by atoms with Gasteiger partial charge in [0.05, 0.1) is 23.7 Å². The Bertz CT molecular complexity index is 1190. The molecule has 0 fully saturated rings. The zero-order chi connectivity index (χ0) is 19.0. The van der Waals surface area contributed by atoms with E-state index in [1.165, 1.54) is 0 Å². The first-order chi connectivity index (χ1) is 13.1. The maximum atomic E-state index is 12.7. The first-order valence-electron chi connectivity index (χ1n) is 8.83. The standard InChI is InChI=1S/C20H21N5O2/c1-3-8-22-25-11-15(14-9-12(21)4-7-18(14)25)19-20(26)24-16-6-5-13(27-2)10-17(16)23-19/h4-7,9-11,22H,3,8,21H2,1-2H3,(H,24,26). The summed E-state index contributed by atoms with van der Waals surface area (Å²) < 4.78 is 7.19. The number of hydrogen-bond donors (Lipinski definition) is 3. The molecule has 138 valence electrons. The van der Waals surface area contributed by atoms with Gasteiger partial charge in [0, 0.05) is 35.4 Å². The molecule has 0 atom stereocenters. The Morgan fingerprint density at radius 3 is 2.89 bits per heavy atom. The van der Waals surface area contributed by atoms with Crippen molar-refractivity contribution in [1.29, 1.82) is 0 Å². The fourth-order valence-corrected chi connectivity index (χ4v) is 3.17. The van der Waals surface area contributed by atoms with Crippen molar-refractivity contribution in [2.45, 2.75) is 13.3 Å². The van der Waals surface area contributed by atoms with E-state index in [9.17, 15) is 4.79 Å². The molecule has 0 aliphatic carbocycles. The zero-order valence-corrected chi connectivity index (χ0v) is 15.2. The van der Waals surface area contributed by atoms with Crippen molar-refractivity contribution >= 4 is 27.6 Å². The van der Waals surface area contributed by atoms with Gasteiger partial charge in [-0.25, -0.2) is 4.98 Å². The first-order valence-corrected chi connectivity index (χ1v) is 8.83. The van der Waals surface area contributed by atoms with Crippen LogP contribution in [0.4, 0.5) is 5.69 Å². The highest BCUT2D eigenvalue weighted by Crippen LogP contribution is 2.30. The zero-order valence-electron chi connectivity index (χ0n) is 15.2. The highest BCUT2D eigenvalue weighted by Gasteiger charge is 2.16. The average molecular weight is 363 g/mol. The van der Waals surface area contributed by atoms with Gasteiger partial charge >= 0.3 is 0 Å². The molecule has 2 aromatic heterocycles. The number of anilines is 1. The largest absolute Gasteiger partial charge is 0.497 e. The summed E-state index contributed by atoms with van der Waals surface area (Å²) >= 11 is 0. The Balaban J connectivity index is 1.96. The van der Waals surface area contributed by atoms with Crippen molar-refractivity contribution in [3.8, 4) is 17.0 Å². The van der Waals surface area contributed by atoms with Crippen molar-refractivity contribution < 1.29 is 4.74 Å². The third-order valence-electron chi connectivity index (χ3n) is 4.52. The number of nitrogens with one attached hydrogen (secondary N) is 2. The average Bonchev–Trinajstić information content (AvgIpc) is 3.02. The van der Waals surface area contributed by atoms with Gasteiger partial charge in [-0.1, -0.05) is 6.92 Å². The lowest BCUT2D eigenvalue weighted by Crippen LogP contribution is -2.14. The quantitative estimate of drug-likeness (QED) is 0.473. The molecule has 0 saturated heterocycles. The molecule has 4 aromatic rings. The van der Waals surface area contributed by atoms with E-state index >= 15 is 0 Å². The Morgan fingerprint density at radius 2 is 2.11 bits per heavy atom. The van der Waals surface area contributed by atoms with Crippen LogP contribution in [0.25, 0.3) is 33.2 Å². The molecule has 4 rings (SSSR count). The van der Waals surface area contributed by atoms with Crippen molar-refractivity contribution in [1.82, 2.24) is 14.6 Å². The summed E-state index contributed by atoms with van der Waals surface area (Å²) in [6.45, 7) is 2.91. The van der Waals surface area contributed by atoms with Crippen LogP contribution >= 0.6 is 0 Å². The number of aromatic amines is 1. The van der Waals surface area contributed by atoms with Gasteiger partial charge in [-0.2, -0.15) is 0 Å². The number of hydrogen-bond acceptors (Lipinski definition) is 5. The Hall–Kier alpha value is -3.48. The van der Waals surface area contributed by atoms with E-state index in [1.807, 2.05) is 29.1 Å². The predicted octanol–water partition coefficient (Wildman–Crippen LogP) is 3.09.